The van der Waals surface area contributed by atoms with Crippen LogP contribution in [-0.4, -0.2) is 10.9 Å². The number of carbonyl (C=O) groups excluding carboxylic acids is 1. The molecule has 70 valence electrons. The Balaban J connectivity index is 3.31. The highest BCUT2D eigenvalue weighted by atomic mass is 16.3. The molecule has 0 heterocycles. The van der Waals surface area contributed by atoms with Crippen molar-refractivity contribution in [2.45, 2.75) is 27.2 Å². The van der Waals surface area contributed by atoms with Crippen molar-refractivity contribution in [3.05, 3.63) is 28.8 Å². The van der Waals surface area contributed by atoms with Crippen LogP contribution in [0.1, 0.15) is 35.3 Å². The van der Waals surface area contributed by atoms with Crippen LogP contribution in [0.15, 0.2) is 12.1 Å². The van der Waals surface area contributed by atoms with E-state index in [1.54, 1.807) is 19.1 Å². The molecular weight excluding hydrogens is 164 g/mol. The van der Waals surface area contributed by atoms with Crippen LogP contribution >= 0.6 is 0 Å². The van der Waals surface area contributed by atoms with E-state index in [2.05, 4.69) is 0 Å². The molecule has 1 aromatic rings. The first-order valence-electron chi connectivity index (χ1n) is 4.40. The summed E-state index contributed by atoms with van der Waals surface area (Å²) < 4.78 is 0. The molecule has 2 nitrogen and oxygen atoms in total. The molecule has 0 fully saturated rings. The van der Waals surface area contributed by atoms with Gasteiger partial charge in [-0.1, -0.05) is 19.1 Å². The molecule has 0 aromatic heterocycles. The molecule has 0 spiro atoms. The highest BCUT2D eigenvalue weighted by molar-refractivity contribution is 5.96. The molecule has 0 unspecified atom stereocenters. The highest BCUT2D eigenvalue weighted by Crippen LogP contribution is 2.25. The number of hydrogen-bond donors (Lipinski definition) is 1. The SMILES string of the molecule is CCc1ccc(C(C)=O)c(C)c1O. The maximum atomic E-state index is 11.1. The smallest absolute Gasteiger partial charge is 0.160 e. The zero-order chi connectivity index (χ0) is 10.0. The Kier molecular flexibility index (Phi) is 2.71. The average molecular weight is 178 g/mol. The van der Waals surface area contributed by atoms with Crippen LogP contribution in [0.25, 0.3) is 0 Å². The van der Waals surface area contributed by atoms with Gasteiger partial charge in [-0.25, -0.2) is 0 Å². The molecule has 1 N–H and O–H groups in total. The summed E-state index contributed by atoms with van der Waals surface area (Å²) in [7, 11) is 0. The van der Waals surface area contributed by atoms with Crippen molar-refractivity contribution >= 4 is 5.78 Å². The van der Waals surface area contributed by atoms with Gasteiger partial charge in [0.15, 0.2) is 5.78 Å². The summed E-state index contributed by atoms with van der Waals surface area (Å²) in [5, 5.41) is 9.68. The fraction of sp³-hybridized carbons (Fsp3) is 0.364. The molecule has 2 heteroatoms. The summed E-state index contributed by atoms with van der Waals surface area (Å²) in [5.41, 5.74) is 2.18. The van der Waals surface area contributed by atoms with Crippen LogP contribution < -0.4 is 0 Å². The van der Waals surface area contributed by atoms with E-state index in [0.29, 0.717) is 11.1 Å². The maximum Gasteiger partial charge on any atom is 0.160 e. The molecule has 0 amide bonds. The predicted molar refractivity (Wildman–Crippen MR) is 52.2 cm³/mol. The molecule has 0 aliphatic carbocycles. The number of benzene rings is 1. The number of ketones is 1. The minimum Gasteiger partial charge on any atom is -0.507 e. The van der Waals surface area contributed by atoms with Gasteiger partial charge in [0.1, 0.15) is 5.75 Å². The number of hydrogen-bond acceptors (Lipinski definition) is 2. The van der Waals surface area contributed by atoms with Gasteiger partial charge in [0.05, 0.1) is 0 Å². The molecule has 0 saturated heterocycles. The zero-order valence-electron chi connectivity index (χ0n) is 8.22. The molecule has 0 atom stereocenters. The Morgan fingerprint density at radius 1 is 1.46 bits per heavy atom. The first kappa shape index (κ1) is 9.78. The summed E-state index contributed by atoms with van der Waals surface area (Å²) in [4.78, 5) is 11.1. The van der Waals surface area contributed by atoms with E-state index in [9.17, 15) is 9.90 Å². The van der Waals surface area contributed by atoms with Gasteiger partial charge < -0.3 is 5.11 Å². The number of aromatic hydroxyl groups is 1. The summed E-state index contributed by atoms with van der Waals surface area (Å²) in [6.07, 6.45) is 0.783. The predicted octanol–water partition coefficient (Wildman–Crippen LogP) is 2.47. The van der Waals surface area contributed by atoms with E-state index in [-0.39, 0.29) is 11.5 Å². The van der Waals surface area contributed by atoms with E-state index < -0.39 is 0 Å². The maximum absolute atomic E-state index is 11.1. The van der Waals surface area contributed by atoms with Gasteiger partial charge in [-0.3, -0.25) is 4.79 Å². The van der Waals surface area contributed by atoms with Crippen molar-refractivity contribution in [2.24, 2.45) is 0 Å². The Labute approximate surface area is 78.2 Å². The van der Waals surface area contributed by atoms with Crippen LogP contribution in [0.4, 0.5) is 0 Å². The second kappa shape index (κ2) is 3.60. The van der Waals surface area contributed by atoms with Crippen molar-refractivity contribution < 1.29 is 9.90 Å². The molecule has 0 bridgehead atoms. The van der Waals surface area contributed by atoms with E-state index >= 15 is 0 Å². The molecule has 13 heavy (non-hydrogen) atoms. The number of rotatable bonds is 2. The van der Waals surface area contributed by atoms with Crippen molar-refractivity contribution in [3.63, 3.8) is 0 Å². The van der Waals surface area contributed by atoms with Gasteiger partial charge in [0.2, 0.25) is 0 Å². The first-order valence-corrected chi connectivity index (χ1v) is 4.40. The standard InChI is InChI=1S/C11H14O2/c1-4-9-5-6-10(8(3)12)7(2)11(9)13/h5-6,13H,4H2,1-3H3. The minimum atomic E-state index is -0.00421. The van der Waals surface area contributed by atoms with E-state index in [1.807, 2.05) is 6.92 Å². The van der Waals surface area contributed by atoms with E-state index in [4.69, 9.17) is 0 Å². The van der Waals surface area contributed by atoms with Gasteiger partial charge in [0, 0.05) is 11.1 Å². The number of aryl methyl sites for hydroxylation is 1. The summed E-state index contributed by atoms with van der Waals surface area (Å²) in [6.45, 7) is 5.25. The number of carbonyl (C=O) groups is 1. The first-order chi connectivity index (χ1) is 6.07. The van der Waals surface area contributed by atoms with Gasteiger partial charge in [-0.05, 0) is 25.8 Å². The largest absolute Gasteiger partial charge is 0.507 e. The van der Waals surface area contributed by atoms with E-state index in [0.717, 1.165) is 12.0 Å². The molecule has 1 aromatic carbocycles. The summed E-state index contributed by atoms with van der Waals surface area (Å²) in [6, 6.07) is 3.58. The Hall–Kier alpha value is -1.31. The quantitative estimate of drug-likeness (QED) is 0.706. The van der Waals surface area contributed by atoms with Crippen molar-refractivity contribution in [1.82, 2.24) is 0 Å². The van der Waals surface area contributed by atoms with Crippen LogP contribution in [0.3, 0.4) is 0 Å². The van der Waals surface area contributed by atoms with E-state index in [1.165, 1.54) is 6.92 Å². The highest BCUT2D eigenvalue weighted by Gasteiger charge is 2.09. The number of Topliss-reactive ketones (excluding diaryl/α,β-unsaturated/α-hetero) is 1. The lowest BCUT2D eigenvalue weighted by atomic mass is 10.00. The van der Waals surface area contributed by atoms with Gasteiger partial charge in [-0.2, -0.15) is 0 Å². The fourth-order valence-electron chi connectivity index (χ4n) is 1.42. The third-order valence-electron chi connectivity index (χ3n) is 2.27. The van der Waals surface area contributed by atoms with Gasteiger partial charge >= 0.3 is 0 Å². The lowest BCUT2D eigenvalue weighted by molar-refractivity contribution is 0.101. The topological polar surface area (TPSA) is 37.3 Å². The third kappa shape index (κ3) is 1.72. The molecule has 0 aliphatic rings. The monoisotopic (exact) mass is 178 g/mol. The lowest BCUT2D eigenvalue weighted by Gasteiger charge is -2.08. The Bertz CT molecular complexity index is 340. The van der Waals surface area contributed by atoms with Crippen molar-refractivity contribution in [2.75, 3.05) is 0 Å². The molecule has 0 radical (unpaired) electrons. The second-order valence-electron chi connectivity index (χ2n) is 3.16. The van der Waals surface area contributed by atoms with Crippen LogP contribution in [0, 0.1) is 6.92 Å². The second-order valence-corrected chi connectivity index (χ2v) is 3.16. The van der Waals surface area contributed by atoms with Crippen LogP contribution in [-0.2, 0) is 6.42 Å². The third-order valence-corrected chi connectivity index (χ3v) is 2.27. The van der Waals surface area contributed by atoms with Gasteiger partial charge in [0.25, 0.3) is 0 Å². The Morgan fingerprint density at radius 2 is 2.08 bits per heavy atom. The summed E-state index contributed by atoms with van der Waals surface area (Å²) in [5.74, 6) is 0.255. The van der Waals surface area contributed by atoms with Gasteiger partial charge in [-0.15, -0.1) is 0 Å². The van der Waals surface area contributed by atoms with Crippen molar-refractivity contribution in [1.29, 1.82) is 0 Å². The van der Waals surface area contributed by atoms with Crippen molar-refractivity contribution in [3.8, 4) is 5.75 Å². The zero-order valence-corrected chi connectivity index (χ0v) is 8.22. The number of phenols is 1. The molecule has 1 rings (SSSR count). The van der Waals surface area contributed by atoms with Crippen LogP contribution in [0.5, 0.6) is 5.75 Å². The molecule has 0 aliphatic heterocycles. The number of phenolic OH excluding ortho intramolecular Hbond substituents is 1. The lowest BCUT2D eigenvalue weighted by Crippen LogP contribution is -1.97. The normalized spacial score (nSPS) is 10.1. The Morgan fingerprint density at radius 3 is 2.54 bits per heavy atom. The average Bonchev–Trinajstić information content (AvgIpc) is 2.09. The fourth-order valence-corrected chi connectivity index (χ4v) is 1.42. The minimum absolute atomic E-state index is 0.00421. The summed E-state index contributed by atoms with van der Waals surface area (Å²) >= 11 is 0. The molecule has 0 saturated carbocycles. The molecular formula is C11H14O2. The van der Waals surface area contributed by atoms with Crippen LogP contribution in [0.2, 0.25) is 0 Å².